The Bertz CT molecular complexity index is 761. The van der Waals surface area contributed by atoms with Crippen LogP contribution in [0.5, 0.6) is 0 Å². The summed E-state index contributed by atoms with van der Waals surface area (Å²) < 4.78 is 0. The topological polar surface area (TPSA) is 86.0 Å². The van der Waals surface area contributed by atoms with Crippen molar-refractivity contribution in [2.75, 3.05) is 31.1 Å². The van der Waals surface area contributed by atoms with Crippen LogP contribution in [0.4, 0.5) is 5.82 Å². The van der Waals surface area contributed by atoms with E-state index in [9.17, 15) is 4.79 Å². The van der Waals surface area contributed by atoms with Crippen molar-refractivity contribution in [1.29, 1.82) is 5.26 Å². The summed E-state index contributed by atoms with van der Waals surface area (Å²) in [5, 5.41) is 8.92. The second kappa shape index (κ2) is 6.40. The summed E-state index contributed by atoms with van der Waals surface area (Å²) in [5.74, 6) is 0.724. The van der Waals surface area contributed by atoms with Crippen LogP contribution in [0.3, 0.4) is 0 Å². The quantitative estimate of drug-likeness (QED) is 0.823. The van der Waals surface area contributed by atoms with Crippen LogP contribution in [0.15, 0.2) is 30.7 Å². The minimum Gasteiger partial charge on any atom is -0.352 e. The molecule has 2 aromatic heterocycles. The van der Waals surface area contributed by atoms with Gasteiger partial charge in [0.25, 0.3) is 5.91 Å². The number of anilines is 1. The van der Waals surface area contributed by atoms with E-state index >= 15 is 0 Å². The Morgan fingerprint density at radius 1 is 1.13 bits per heavy atom. The first kappa shape index (κ1) is 14.9. The minimum atomic E-state index is -0.141. The number of nitrogens with zero attached hydrogens (tertiary/aromatic N) is 6. The molecule has 0 N–H and O–H groups in total. The Labute approximate surface area is 134 Å². The van der Waals surface area contributed by atoms with Gasteiger partial charge in [0.15, 0.2) is 0 Å². The Morgan fingerprint density at radius 2 is 1.87 bits per heavy atom. The third-order valence-electron chi connectivity index (χ3n) is 3.83. The largest absolute Gasteiger partial charge is 0.352 e. The first-order chi connectivity index (χ1) is 11.2. The molecule has 0 radical (unpaired) electrons. The Kier molecular flexibility index (Phi) is 4.15. The summed E-state index contributed by atoms with van der Waals surface area (Å²) >= 11 is 0. The van der Waals surface area contributed by atoms with Crippen molar-refractivity contribution in [2.24, 2.45) is 0 Å². The molecule has 1 amide bonds. The lowest BCUT2D eigenvalue weighted by Crippen LogP contribution is -2.49. The lowest BCUT2D eigenvalue weighted by atomic mass is 10.2. The van der Waals surface area contributed by atoms with Crippen molar-refractivity contribution in [3.8, 4) is 6.07 Å². The maximum Gasteiger partial charge on any atom is 0.272 e. The molecule has 3 rings (SSSR count). The second-order valence-corrected chi connectivity index (χ2v) is 5.29. The fraction of sp³-hybridized carbons (Fsp3) is 0.312. The van der Waals surface area contributed by atoms with Gasteiger partial charge in [0.1, 0.15) is 11.5 Å². The molecule has 1 aliphatic rings. The normalized spacial score (nSPS) is 14.4. The monoisotopic (exact) mass is 308 g/mol. The van der Waals surface area contributed by atoms with Crippen LogP contribution in [0, 0.1) is 18.3 Å². The molecule has 0 bridgehead atoms. The molecule has 23 heavy (non-hydrogen) atoms. The Morgan fingerprint density at radius 3 is 2.57 bits per heavy atom. The number of rotatable bonds is 2. The molecule has 0 spiro atoms. The van der Waals surface area contributed by atoms with E-state index in [2.05, 4.69) is 19.9 Å². The number of carbonyl (C=O) groups excluding carboxylic acids is 1. The Hall–Kier alpha value is -3.01. The highest BCUT2D eigenvalue weighted by Crippen LogP contribution is 2.17. The molecule has 7 nitrogen and oxygen atoms in total. The van der Waals surface area contributed by atoms with Crippen molar-refractivity contribution in [2.45, 2.75) is 6.92 Å². The van der Waals surface area contributed by atoms with Crippen molar-refractivity contribution in [3.63, 3.8) is 0 Å². The van der Waals surface area contributed by atoms with Gasteiger partial charge < -0.3 is 9.80 Å². The first-order valence-electron chi connectivity index (χ1n) is 7.37. The van der Waals surface area contributed by atoms with E-state index in [0.717, 1.165) is 11.5 Å². The lowest BCUT2D eigenvalue weighted by Gasteiger charge is -2.35. The van der Waals surface area contributed by atoms with E-state index in [4.69, 9.17) is 5.26 Å². The molecular weight excluding hydrogens is 292 g/mol. The predicted molar refractivity (Wildman–Crippen MR) is 83.8 cm³/mol. The Balaban J connectivity index is 1.68. The standard InChI is InChI=1S/C16H16N6O/c1-12-15(20-5-4-18-12)21-6-8-22(9-7-21)16(23)14-10-13(11-17)2-3-19-14/h2-5,10H,6-9H2,1H3. The molecule has 1 aliphatic heterocycles. The molecule has 0 aliphatic carbocycles. The van der Waals surface area contributed by atoms with Crippen molar-refractivity contribution >= 4 is 11.7 Å². The van der Waals surface area contributed by atoms with E-state index in [1.807, 2.05) is 13.0 Å². The molecule has 0 atom stereocenters. The molecule has 3 heterocycles. The van der Waals surface area contributed by atoms with E-state index < -0.39 is 0 Å². The van der Waals surface area contributed by atoms with Gasteiger partial charge in [-0.2, -0.15) is 5.26 Å². The van der Waals surface area contributed by atoms with Crippen LogP contribution >= 0.6 is 0 Å². The van der Waals surface area contributed by atoms with Crippen molar-refractivity contribution in [3.05, 3.63) is 47.7 Å². The van der Waals surface area contributed by atoms with E-state index in [0.29, 0.717) is 37.4 Å². The SMILES string of the molecule is Cc1nccnc1N1CCN(C(=O)c2cc(C#N)ccn2)CC1. The van der Waals surface area contributed by atoms with Crippen LogP contribution in [-0.4, -0.2) is 51.9 Å². The average molecular weight is 308 g/mol. The maximum atomic E-state index is 12.5. The van der Waals surface area contributed by atoms with Crippen molar-refractivity contribution in [1.82, 2.24) is 19.9 Å². The van der Waals surface area contributed by atoms with Crippen LogP contribution < -0.4 is 4.90 Å². The summed E-state index contributed by atoms with van der Waals surface area (Å²) in [6, 6.07) is 5.14. The first-order valence-corrected chi connectivity index (χ1v) is 7.37. The third-order valence-corrected chi connectivity index (χ3v) is 3.83. The molecule has 1 saturated heterocycles. The number of pyridine rings is 1. The molecule has 0 unspecified atom stereocenters. The summed E-state index contributed by atoms with van der Waals surface area (Å²) in [5.41, 5.74) is 1.64. The molecule has 0 aromatic carbocycles. The number of piperazine rings is 1. The molecule has 116 valence electrons. The summed E-state index contributed by atoms with van der Waals surface area (Å²) in [7, 11) is 0. The van der Waals surface area contributed by atoms with Gasteiger partial charge in [-0.3, -0.25) is 14.8 Å². The number of hydrogen-bond acceptors (Lipinski definition) is 6. The van der Waals surface area contributed by atoms with Gasteiger partial charge in [-0.15, -0.1) is 0 Å². The fourth-order valence-corrected chi connectivity index (χ4v) is 2.61. The minimum absolute atomic E-state index is 0.141. The average Bonchev–Trinajstić information content (AvgIpc) is 2.62. The predicted octanol–water partition coefficient (Wildman–Crippen LogP) is 1.01. The van der Waals surface area contributed by atoms with E-state index in [1.165, 1.54) is 12.3 Å². The van der Waals surface area contributed by atoms with Crippen LogP contribution in [0.1, 0.15) is 21.7 Å². The number of aromatic nitrogens is 3. The zero-order valence-electron chi connectivity index (χ0n) is 12.8. The summed E-state index contributed by atoms with van der Waals surface area (Å²) in [6.07, 6.45) is 4.84. The third kappa shape index (κ3) is 3.11. The zero-order chi connectivity index (χ0) is 16.2. The highest BCUT2D eigenvalue weighted by molar-refractivity contribution is 5.92. The molecule has 7 heteroatoms. The van der Waals surface area contributed by atoms with E-state index in [-0.39, 0.29) is 5.91 Å². The van der Waals surface area contributed by atoms with Gasteiger partial charge in [0.05, 0.1) is 17.3 Å². The highest BCUT2D eigenvalue weighted by Gasteiger charge is 2.24. The number of amides is 1. The van der Waals surface area contributed by atoms with E-state index in [1.54, 1.807) is 23.4 Å². The molecule has 1 fully saturated rings. The highest BCUT2D eigenvalue weighted by atomic mass is 16.2. The van der Waals surface area contributed by atoms with Crippen LogP contribution in [0.25, 0.3) is 0 Å². The van der Waals surface area contributed by atoms with Gasteiger partial charge in [-0.05, 0) is 19.1 Å². The molecule has 0 saturated carbocycles. The molecule has 2 aromatic rings. The number of hydrogen-bond donors (Lipinski definition) is 0. The second-order valence-electron chi connectivity index (χ2n) is 5.29. The number of aryl methyl sites for hydroxylation is 1. The van der Waals surface area contributed by atoms with Crippen LogP contribution in [-0.2, 0) is 0 Å². The molecular formula is C16H16N6O. The van der Waals surface area contributed by atoms with Crippen LogP contribution in [0.2, 0.25) is 0 Å². The fourth-order valence-electron chi connectivity index (χ4n) is 2.61. The van der Waals surface area contributed by atoms with Crippen molar-refractivity contribution < 1.29 is 4.79 Å². The summed E-state index contributed by atoms with van der Waals surface area (Å²) in [6.45, 7) is 4.50. The zero-order valence-corrected chi connectivity index (χ0v) is 12.8. The smallest absolute Gasteiger partial charge is 0.272 e. The number of nitriles is 1. The van der Waals surface area contributed by atoms with Gasteiger partial charge in [-0.25, -0.2) is 4.98 Å². The van der Waals surface area contributed by atoms with Gasteiger partial charge in [0, 0.05) is 44.8 Å². The maximum absolute atomic E-state index is 12.5. The number of carbonyl (C=O) groups is 1. The van der Waals surface area contributed by atoms with Gasteiger partial charge in [-0.1, -0.05) is 0 Å². The van der Waals surface area contributed by atoms with Gasteiger partial charge >= 0.3 is 0 Å². The van der Waals surface area contributed by atoms with Gasteiger partial charge in [0.2, 0.25) is 0 Å². The summed E-state index contributed by atoms with van der Waals surface area (Å²) in [4.78, 5) is 29.1. The lowest BCUT2D eigenvalue weighted by molar-refractivity contribution is 0.0740.